The molecule has 5 nitrogen and oxygen atoms in total. The number of carbonyl (C=O) groups is 1. The quantitative estimate of drug-likeness (QED) is 0.706. The van der Waals surface area contributed by atoms with E-state index in [9.17, 15) is 4.79 Å². The van der Waals surface area contributed by atoms with E-state index in [1.165, 1.54) is 6.42 Å². The summed E-state index contributed by atoms with van der Waals surface area (Å²) in [5, 5.41) is 0. The SMILES string of the molecule is CCCOc1ccc(C(=O)N2CCCCC2CCN2CCOCC2)cc1.Cl. The highest BCUT2D eigenvalue weighted by Crippen LogP contribution is 2.23. The molecule has 27 heavy (non-hydrogen) atoms. The third-order valence-corrected chi connectivity index (χ3v) is 5.34. The molecule has 2 fully saturated rings. The number of nitrogens with zero attached hydrogens (tertiary/aromatic N) is 2. The summed E-state index contributed by atoms with van der Waals surface area (Å²) in [6, 6.07) is 7.99. The van der Waals surface area contributed by atoms with Crippen molar-refractivity contribution in [3.8, 4) is 5.75 Å². The van der Waals surface area contributed by atoms with E-state index in [4.69, 9.17) is 9.47 Å². The first kappa shape index (κ1) is 22.0. The van der Waals surface area contributed by atoms with Gasteiger partial charge in [0.05, 0.1) is 19.8 Å². The maximum Gasteiger partial charge on any atom is 0.254 e. The molecule has 0 aromatic heterocycles. The lowest BCUT2D eigenvalue weighted by Crippen LogP contribution is -2.46. The number of piperidine rings is 1. The van der Waals surface area contributed by atoms with Crippen LogP contribution in [-0.4, -0.2) is 67.7 Å². The van der Waals surface area contributed by atoms with Gasteiger partial charge in [0, 0.05) is 37.8 Å². The molecule has 1 unspecified atom stereocenters. The summed E-state index contributed by atoms with van der Waals surface area (Å²) in [6.45, 7) is 8.43. The molecule has 2 aliphatic rings. The van der Waals surface area contributed by atoms with Crippen molar-refractivity contribution in [3.05, 3.63) is 29.8 Å². The summed E-state index contributed by atoms with van der Waals surface area (Å²) in [6.07, 6.45) is 5.50. The summed E-state index contributed by atoms with van der Waals surface area (Å²) in [7, 11) is 0. The van der Waals surface area contributed by atoms with Crippen molar-refractivity contribution in [1.82, 2.24) is 9.80 Å². The first-order valence-corrected chi connectivity index (χ1v) is 10.1. The van der Waals surface area contributed by atoms with E-state index in [1.54, 1.807) is 0 Å². The smallest absolute Gasteiger partial charge is 0.254 e. The molecule has 2 saturated heterocycles. The van der Waals surface area contributed by atoms with Crippen LogP contribution in [0.5, 0.6) is 5.75 Å². The Kier molecular flexibility index (Phi) is 9.39. The molecule has 1 aromatic carbocycles. The molecule has 1 amide bonds. The number of ether oxygens (including phenoxy) is 2. The van der Waals surface area contributed by atoms with Crippen LogP contribution in [0.25, 0.3) is 0 Å². The van der Waals surface area contributed by atoms with Crippen LogP contribution in [0.3, 0.4) is 0 Å². The van der Waals surface area contributed by atoms with Crippen LogP contribution in [0, 0.1) is 0 Å². The third kappa shape index (κ3) is 6.37. The van der Waals surface area contributed by atoms with Crippen LogP contribution in [0.2, 0.25) is 0 Å². The van der Waals surface area contributed by atoms with Crippen LogP contribution < -0.4 is 4.74 Å². The van der Waals surface area contributed by atoms with Gasteiger partial charge in [-0.15, -0.1) is 12.4 Å². The molecule has 0 aliphatic carbocycles. The van der Waals surface area contributed by atoms with E-state index in [-0.39, 0.29) is 18.3 Å². The Hall–Kier alpha value is -1.30. The normalized spacial score (nSPS) is 20.8. The van der Waals surface area contributed by atoms with Gasteiger partial charge >= 0.3 is 0 Å². The Morgan fingerprint density at radius 1 is 1.15 bits per heavy atom. The van der Waals surface area contributed by atoms with Gasteiger partial charge < -0.3 is 14.4 Å². The van der Waals surface area contributed by atoms with Gasteiger partial charge in [-0.2, -0.15) is 0 Å². The van der Waals surface area contributed by atoms with Crippen molar-refractivity contribution in [2.75, 3.05) is 46.0 Å². The van der Waals surface area contributed by atoms with Crippen molar-refractivity contribution in [2.24, 2.45) is 0 Å². The van der Waals surface area contributed by atoms with Gasteiger partial charge in [-0.05, 0) is 56.4 Å². The predicted octanol–water partition coefficient (Wildman–Crippen LogP) is 3.61. The number of hydrogen-bond donors (Lipinski definition) is 0. The summed E-state index contributed by atoms with van der Waals surface area (Å²) in [5.41, 5.74) is 0.770. The van der Waals surface area contributed by atoms with Crippen LogP contribution in [0.4, 0.5) is 0 Å². The van der Waals surface area contributed by atoms with Crippen molar-refractivity contribution in [3.63, 3.8) is 0 Å². The Morgan fingerprint density at radius 2 is 1.89 bits per heavy atom. The molecule has 2 heterocycles. The van der Waals surface area contributed by atoms with Crippen molar-refractivity contribution in [1.29, 1.82) is 0 Å². The number of hydrogen-bond acceptors (Lipinski definition) is 4. The van der Waals surface area contributed by atoms with Gasteiger partial charge in [-0.3, -0.25) is 9.69 Å². The number of halogens is 1. The molecule has 1 atom stereocenters. The zero-order valence-electron chi connectivity index (χ0n) is 16.4. The van der Waals surface area contributed by atoms with E-state index >= 15 is 0 Å². The molecule has 0 spiro atoms. The minimum Gasteiger partial charge on any atom is -0.494 e. The average Bonchev–Trinajstić information content (AvgIpc) is 2.71. The van der Waals surface area contributed by atoms with Crippen molar-refractivity contribution in [2.45, 2.75) is 45.1 Å². The highest BCUT2D eigenvalue weighted by Gasteiger charge is 2.28. The number of rotatable bonds is 7. The zero-order chi connectivity index (χ0) is 18.2. The second kappa shape index (κ2) is 11.5. The second-order valence-electron chi connectivity index (χ2n) is 7.26. The van der Waals surface area contributed by atoms with Gasteiger partial charge in [0.15, 0.2) is 0 Å². The molecule has 152 valence electrons. The lowest BCUT2D eigenvalue weighted by atomic mass is 9.97. The summed E-state index contributed by atoms with van der Waals surface area (Å²) in [5.74, 6) is 1.00. The fraction of sp³-hybridized carbons (Fsp3) is 0.667. The van der Waals surface area contributed by atoms with Crippen LogP contribution in [-0.2, 0) is 4.74 Å². The van der Waals surface area contributed by atoms with Gasteiger partial charge in [0.25, 0.3) is 5.91 Å². The Morgan fingerprint density at radius 3 is 2.59 bits per heavy atom. The van der Waals surface area contributed by atoms with Gasteiger partial charge in [0.2, 0.25) is 0 Å². The minimum atomic E-state index is 0. The molecule has 0 radical (unpaired) electrons. The van der Waals surface area contributed by atoms with Gasteiger partial charge in [-0.25, -0.2) is 0 Å². The number of likely N-dealkylation sites (tertiary alicyclic amines) is 1. The van der Waals surface area contributed by atoms with Gasteiger partial charge in [-0.1, -0.05) is 6.92 Å². The molecule has 1 aromatic rings. The lowest BCUT2D eigenvalue weighted by molar-refractivity contribution is 0.0295. The molecular weight excluding hydrogens is 364 g/mol. The van der Waals surface area contributed by atoms with E-state index in [1.807, 2.05) is 24.3 Å². The Bertz CT molecular complexity index is 561. The summed E-state index contributed by atoms with van der Waals surface area (Å²) in [4.78, 5) is 17.6. The standard InChI is InChI=1S/C21H32N2O3.ClH/c1-2-15-26-20-8-6-18(7-9-20)21(24)23-11-4-3-5-19(23)10-12-22-13-16-25-17-14-22;/h6-9,19H,2-5,10-17H2,1H3;1H. The highest BCUT2D eigenvalue weighted by molar-refractivity contribution is 5.94. The maximum absolute atomic E-state index is 13.0. The van der Waals surface area contributed by atoms with Crippen LogP contribution in [0.1, 0.15) is 49.4 Å². The number of morpholine rings is 1. The Labute approximate surface area is 169 Å². The third-order valence-electron chi connectivity index (χ3n) is 5.34. The summed E-state index contributed by atoms with van der Waals surface area (Å²) >= 11 is 0. The second-order valence-corrected chi connectivity index (χ2v) is 7.26. The van der Waals surface area contributed by atoms with Crippen LogP contribution in [0.15, 0.2) is 24.3 Å². The van der Waals surface area contributed by atoms with E-state index < -0.39 is 0 Å². The molecule has 0 bridgehead atoms. The topological polar surface area (TPSA) is 42.0 Å². The van der Waals surface area contributed by atoms with Crippen molar-refractivity contribution < 1.29 is 14.3 Å². The fourth-order valence-electron chi connectivity index (χ4n) is 3.80. The molecule has 6 heteroatoms. The molecule has 2 aliphatic heterocycles. The predicted molar refractivity (Wildman–Crippen MR) is 110 cm³/mol. The van der Waals surface area contributed by atoms with Gasteiger partial charge in [0.1, 0.15) is 5.75 Å². The zero-order valence-corrected chi connectivity index (χ0v) is 17.2. The monoisotopic (exact) mass is 396 g/mol. The highest BCUT2D eigenvalue weighted by atomic mass is 35.5. The fourth-order valence-corrected chi connectivity index (χ4v) is 3.80. The average molecular weight is 397 g/mol. The first-order chi connectivity index (χ1) is 12.8. The van der Waals surface area contributed by atoms with E-state index in [0.717, 1.165) is 76.4 Å². The molecule has 0 N–H and O–H groups in total. The van der Waals surface area contributed by atoms with E-state index in [2.05, 4.69) is 16.7 Å². The van der Waals surface area contributed by atoms with Crippen LogP contribution >= 0.6 is 12.4 Å². The molecule has 3 rings (SSSR count). The lowest BCUT2D eigenvalue weighted by Gasteiger charge is -2.37. The number of amides is 1. The van der Waals surface area contributed by atoms with E-state index in [0.29, 0.717) is 12.6 Å². The Balaban J connectivity index is 0.00000261. The van der Waals surface area contributed by atoms with Crippen molar-refractivity contribution >= 4 is 18.3 Å². The maximum atomic E-state index is 13.0. The largest absolute Gasteiger partial charge is 0.494 e. The molecular formula is C21H33ClN2O3. The molecule has 0 saturated carbocycles. The number of carbonyl (C=O) groups excluding carboxylic acids is 1. The first-order valence-electron chi connectivity index (χ1n) is 10.1. The summed E-state index contributed by atoms with van der Waals surface area (Å²) < 4.78 is 11.0. The number of benzene rings is 1. The minimum absolute atomic E-state index is 0.